The van der Waals surface area contributed by atoms with Crippen LogP contribution in [0.15, 0.2) is 34.7 Å². The van der Waals surface area contributed by atoms with Crippen molar-refractivity contribution in [3.8, 4) is 11.4 Å². The van der Waals surface area contributed by atoms with Crippen LogP contribution in [0, 0.1) is 13.8 Å². The number of aldehydes is 1. The molecule has 0 spiro atoms. The first kappa shape index (κ1) is 27.6. The number of nitrogens with one attached hydrogen (secondary N) is 1. The number of nitrogens with zero attached hydrogens (tertiary/aromatic N) is 7. The number of aryl methyl sites for hydroxylation is 2. The van der Waals surface area contributed by atoms with Gasteiger partial charge in [0.05, 0.1) is 40.3 Å². The summed E-state index contributed by atoms with van der Waals surface area (Å²) in [4.78, 5) is 41.1. The number of aromatic nitrogens is 5. The highest BCUT2D eigenvalue weighted by Gasteiger charge is 2.31. The van der Waals surface area contributed by atoms with Crippen LogP contribution in [0.1, 0.15) is 55.3 Å². The second kappa shape index (κ2) is 12.4. The molecule has 1 fully saturated rings. The number of carbonyl (C=O) groups is 1. The molecule has 0 aliphatic heterocycles. The topological polar surface area (TPSA) is 109 Å². The number of hydrogen-bond acceptors (Lipinski definition) is 9. The summed E-state index contributed by atoms with van der Waals surface area (Å²) in [7, 11) is 1.77. The van der Waals surface area contributed by atoms with Gasteiger partial charge in [0.25, 0.3) is 0 Å². The molecule has 0 radical (unpaired) electrons. The lowest BCUT2D eigenvalue weighted by molar-refractivity contribution is -0.102. The molecule has 3 aromatic heterocycles. The fraction of sp³-hybridized carbons (Fsp3) is 0.444. The third-order valence-corrected chi connectivity index (χ3v) is 7.26. The second-order valence-corrected chi connectivity index (χ2v) is 10.6. The van der Waals surface area contributed by atoms with Crippen LogP contribution in [0.5, 0.6) is 0 Å². The number of anilines is 2. The van der Waals surface area contributed by atoms with Crippen LogP contribution in [0.25, 0.3) is 11.4 Å². The van der Waals surface area contributed by atoms with Crippen molar-refractivity contribution >= 4 is 35.4 Å². The van der Waals surface area contributed by atoms with Crippen molar-refractivity contribution in [2.24, 2.45) is 4.99 Å². The Kier molecular flexibility index (Phi) is 8.98. The Hall–Kier alpha value is -3.47. The first-order chi connectivity index (χ1) is 18.4. The Morgan fingerprint density at radius 1 is 1.24 bits per heavy atom. The predicted molar refractivity (Wildman–Crippen MR) is 150 cm³/mol. The van der Waals surface area contributed by atoms with Gasteiger partial charge in [-0.3, -0.25) is 9.79 Å². The van der Waals surface area contributed by atoms with Crippen LogP contribution in [0.2, 0.25) is 0 Å². The highest BCUT2D eigenvalue weighted by atomic mass is 32.2. The zero-order valence-electron chi connectivity index (χ0n) is 22.4. The summed E-state index contributed by atoms with van der Waals surface area (Å²) < 4.78 is 13.7. The molecule has 0 aromatic carbocycles. The SMILES string of the molecule is CCSc1ccc(CN=C(C=O)Nc2c(C)nc(-c3c(C)ncnc3C3CC3)nc2N(C)[C@@H](C)CF)cn1. The molecule has 1 aliphatic carbocycles. The molecule has 1 aliphatic rings. The molecular weight excluding hydrogens is 503 g/mol. The summed E-state index contributed by atoms with van der Waals surface area (Å²) in [5.41, 5.74) is 4.53. The lowest BCUT2D eigenvalue weighted by Crippen LogP contribution is -2.33. The quantitative estimate of drug-likeness (QED) is 0.158. The van der Waals surface area contributed by atoms with Crippen molar-refractivity contribution in [1.29, 1.82) is 0 Å². The summed E-state index contributed by atoms with van der Waals surface area (Å²) in [6.45, 7) is 7.31. The first-order valence-electron chi connectivity index (χ1n) is 12.7. The van der Waals surface area contributed by atoms with Crippen LogP contribution in [0.3, 0.4) is 0 Å². The zero-order valence-corrected chi connectivity index (χ0v) is 23.2. The summed E-state index contributed by atoms with van der Waals surface area (Å²) >= 11 is 1.66. The van der Waals surface area contributed by atoms with Crippen molar-refractivity contribution in [3.05, 3.63) is 47.3 Å². The number of amidine groups is 1. The van der Waals surface area contributed by atoms with Gasteiger partial charge in [-0.2, -0.15) is 0 Å². The maximum atomic E-state index is 13.7. The number of thioether (sulfide) groups is 1. The van der Waals surface area contributed by atoms with Gasteiger partial charge >= 0.3 is 0 Å². The van der Waals surface area contributed by atoms with Crippen LogP contribution >= 0.6 is 11.8 Å². The van der Waals surface area contributed by atoms with E-state index in [1.165, 1.54) is 0 Å². The second-order valence-electron chi connectivity index (χ2n) is 9.32. The number of halogens is 1. The molecule has 3 heterocycles. The summed E-state index contributed by atoms with van der Waals surface area (Å²) in [5, 5.41) is 4.05. The van der Waals surface area contributed by atoms with Crippen LogP contribution < -0.4 is 10.2 Å². The molecule has 200 valence electrons. The van der Waals surface area contributed by atoms with Gasteiger partial charge in [-0.25, -0.2) is 29.3 Å². The zero-order chi connectivity index (χ0) is 27.2. The van der Waals surface area contributed by atoms with Gasteiger partial charge in [0.15, 0.2) is 23.8 Å². The molecule has 1 atom stereocenters. The Labute approximate surface area is 226 Å². The Morgan fingerprint density at radius 3 is 2.66 bits per heavy atom. The van der Waals surface area contributed by atoms with Gasteiger partial charge in [0, 0.05) is 19.2 Å². The first-order valence-corrected chi connectivity index (χ1v) is 13.7. The molecule has 11 heteroatoms. The smallest absolute Gasteiger partial charge is 0.185 e. The van der Waals surface area contributed by atoms with Gasteiger partial charge in [-0.15, -0.1) is 11.8 Å². The molecule has 0 amide bonds. The predicted octanol–water partition coefficient (Wildman–Crippen LogP) is 4.94. The molecule has 1 N–H and O–H groups in total. The average Bonchev–Trinajstić information content (AvgIpc) is 3.77. The van der Waals surface area contributed by atoms with E-state index in [0.717, 1.165) is 46.1 Å². The third kappa shape index (κ3) is 6.32. The van der Waals surface area contributed by atoms with E-state index in [0.29, 0.717) is 35.2 Å². The molecule has 0 bridgehead atoms. The van der Waals surface area contributed by atoms with Crippen molar-refractivity contribution in [1.82, 2.24) is 24.9 Å². The van der Waals surface area contributed by atoms with E-state index in [9.17, 15) is 9.18 Å². The number of pyridine rings is 1. The van der Waals surface area contributed by atoms with E-state index < -0.39 is 12.7 Å². The Bertz CT molecular complexity index is 1310. The van der Waals surface area contributed by atoms with Crippen LogP contribution in [-0.2, 0) is 11.3 Å². The van der Waals surface area contributed by atoms with Gasteiger partial charge < -0.3 is 10.2 Å². The van der Waals surface area contributed by atoms with E-state index in [-0.39, 0.29) is 12.4 Å². The summed E-state index contributed by atoms with van der Waals surface area (Å²) in [6.07, 6.45) is 6.14. The van der Waals surface area contributed by atoms with Crippen molar-refractivity contribution in [2.45, 2.75) is 64.1 Å². The van der Waals surface area contributed by atoms with Crippen LogP contribution in [0.4, 0.5) is 15.9 Å². The monoisotopic (exact) mass is 536 g/mol. The van der Waals surface area contributed by atoms with E-state index in [4.69, 9.17) is 9.97 Å². The number of rotatable bonds is 11. The van der Waals surface area contributed by atoms with E-state index in [1.807, 2.05) is 26.0 Å². The lowest BCUT2D eigenvalue weighted by atomic mass is 10.1. The standard InChI is InChI=1S/C27H33FN8OS/c1-6-38-22-10-7-19(13-30-22)12-29-21(14-37)34-24-18(4)33-26(35-27(24)36(5)16(2)11-28)23-17(3)31-15-32-25(23)20-8-9-20/h7,10,13-16,20H,6,8-9,11-12H2,1-5H3,(H,29,34)/t16-/m0/s1. The van der Waals surface area contributed by atoms with E-state index in [1.54, 1.807) is 43.2 Å². The minimum absolute atomic E-state index is 0.122. The number of carbonyl (C=O) groups excluding carboxylic acids is 1. The molecule has 1 saturated carbocycles. The van der Waals surface area contributed by atoms with Gasteiger partial charge in [0.2, 0.25) is 0 Å². The maximum absolute atomic E-state index is 13.7. The minimum Gasteiger partial charge on any atom is -0.352 e. The third-order valence-electron chi connectivity index (χ3n) is 6.43. The van der Waals surface area contributed by atoms with Gasteiger partial charge in [-0.05, 0) is 51.0 Å². The number of hydrogen-bond donors (Lipinski definition) is 1. The van der Waals surface area contributed by atoms with Crippen LogP contribution in [-0.4, -0.2) is 62.6 Å². The summed E-state index contributed by atoms with van der Waals surface area (Å²) in [5.74, 6) is 2.40. The van der Waals surface area contributed by atoms with Crippen molar-refractivity contribution < 1.29 is 9.18 Å². The largest absolute Gasteiger partial charge is 0.352 e. The van der Waals surface area contributed by atoms with E-state index in [2.05, 4.69) is 32.2 Å². The molecule has 9 nitrogen and oxygen atoms in total. The highest BCUT2D eigenvalue weighted by molar-refractivity contribution is 7.99. The van der Waals surface area contributed by atoms with Crippen molar-refractivity contribution in [3.63, 3.8) is 0 Å². The lowest BCUT2D eigenvalue weighted by Gasteiger charge is -2.27. The normalized spacial score (nSPS) is 14.3. The molecule has 3 aromatic rings. The van der Waals surface area contributed by atoms with Gasteiger partial charge in [-0.1, -0.05) is 13.0 Å². The Balaban J connectivity index is 1.70. The Morgan fingerprint density at radius 2 is 2.03 bits per heavy atom. The van der Waals surface area contributed by atoms with Crippen molar-refractivity contribution in [2.75, 3.05) is 29.7 Å². The highest BCUT2D eigenvalue weighted by Crippen LogP contribution is 2.44. The average molecular weight is 537 g/mol. The molecular formula is C27H33FN8OS. The molecule has 0 unspecified atom stereocenters. The fourth-order valence-corrected chi connectivity index (χ4v) is 4.55. The number of aliphatic imine (C=N–C) groups is 1. The molecule has 4 rings (SSSR count). The van der Waals surface area contributed by atoms with Gasteiger partial charge in [0.1, 0.15) is 18.7 Å². The fourth-order valence-electron chi connectivity index (χ4n) is 3.97. The molecule has 0 saturated heterocycles. The minimum atomic E-state index is -0.566. The molecule has 38 heavy (non-hydrogen) atoms. The maximum Gasteiger partial charge on any atom is 0.185 e. The summed E-state index contributed by atoms with van der Waals surface area (Å²) in [6, 6.07) is 3.44. The van der Waals surface area contributed by atoms with E-state index >= 15 is 0 Å². The number of alkyl halides is 1.